The number of nitrogens with two attached hydrogens (primary N) is 1. The van der Waals surface area contributed by atoms with Crippen LogP contribution in [-0.2, 0) is 13.1 Å². The summed E-state index contributed by atoms with van der Waals surface area (Å²) in [5.41, 5.74) is 4.44. The number of hydrogen-bond donors (Lipinski definition) is 3. The van der Waals surface area contributed by atoms with E-state index in [9.17, 15) is 14.4 Å². The van der Waals surface area contributed by atoms with E-state index in [2.05, 4.69) is 11.6 Å². The highest BCUT2D eigenvalue weighted by molar-refractivity contribution is 7.16. The zero-order chi connectivity index (χ0) is 19.3. The van der Waals surface area contributed by atoms with Gasteiger partial charge in [-0.3, -0.25) is 19.1 Å². The number of nitrogen functional groups attached to an aromatic ring is 1. The van der Waals surface area contributed by atoms with Crippen molar-refractivity contribution >= 4 is 34.5 Å². The molecule has 1 atom stereocenters. The predicted molar refractivity (Wildman–Crippen MR) is 104 cm³/mol. The SMILES string of the molecule is C=CC[NH+](CC(=O)c1c(N)n(CCC)c(=O)[nH]c1=O)Cc1ccc(Cl)s1. The second-order valence-corrected chi connectivity index (χ2v) is 7.70. The predicted octanol–water partition coefficient (Wildman–Crippen LogP) is 0.697. The van der Waals surface area contributed by atoms with E-state index in [-0.39, 0.29) is 17.9 Å². The van der Waals surface area contributed by atoms with Crippen LogP contribution in [0.4, 0.5) is 5.82 Å². The van der Waals surface area contributed by atoms with Gasteiger partial charge in [0.25, 0.3) is 5.56 Å². The van der Waals surface area contributed by atoms with Crippen LogP contribution < -0.4 is 21.9 Å². The first-order valence-corrected chi connectivity index (χ1v) is 9.41. The van der Waals surface area contributed by atoms with Gasteiger partial charge < -0.3 is 10.6 Å². The Kier molecular flexibility index (Phi) is 6.96. The Morgan fingerprint density at radius 2 is 2.19 bits per heavy atom. The van der Waals surface area contributed by atoms with Crippen molar-refractivity contribution in [1.82, 2.24) is 9.55 Å². The summed E-state index contributed by atoms with van der Waals surface area (Å²) in [5.74, 6) is -0.490. The number of thiophene rings is 1. The van der Waals surface area contributed by atoms with Gasteiger partial charge in [0.05, 0.1) is 15.8 Å². The topological polar surface area (TPSA) is 102 Å². The summed E-state index contributed by atoms with van der Waals surface area (Å²) < 4.78 is 1.90. The fraction of sp³-hybridized carbons (Fsp3) is 0.353. The van der Waals surface area contributed by atoms with Crippen LogP contribution in [0.25, 0.3) is 0 Å². The van der Waals surface area contributed by atoms with Gasteiger partial charge in [-0.25, -0.2) is 4.79 Å². The van der Waals surface area contributed by atoms with Crippen LogP contribution in [0.5, 0.6) is 0 Å². The standard InChI is InChI=1S/C17H21ClN4O3S/c1-3-7-21(9-11-5-6-13(18)26-11)10-12(23)14-15(19)22(8-4-2)17(25)20-16(14)24/h3,5-6H,1,4,7-10,19H2,2H3,(H,20,24,25)/p+1. The number of hydrogen-bond acceptors (Lipinski definition) is 5. The lowest BCUT2D eigenvalue weighted by molar-refractivity contribution is -0.899. The van der Waals surface area contributed by atoms with Crippen LogP contribution in [0, 0.1) is 0 Å². The van der Waals surface area contributed by atoms with Gasteiger partial charge in [0.1, 0.15) is 24.5 Å². The number of aromatic nitrogens is 2. The van der Waals surface area contributed by atoms with Crippen LogP contribution in [-0.4, -0.2) is 28.4 Å². The normalized spacial score (nSPS) is 12.1. The molecule has 0 aliphatic rings. The lowest BCUT2D eigenvalue weighted by Crippen LogP contribution is -3.11. The van der Waals surface area contributed by atoms with E-state index < -0.39 is 17.0 Å². The number of halogens is 1. The molecule has 0 aliphatic heterocycles. The number of quaternary nitrogens is 1. The highest BCUT2D eigenvalue weighted by Crippen LogP contribution is 2.20. The number of rotatable bonds is 9. The van der Waals surface area contributed by atoms with Crippen molar-refractivity contribution in [2.75, 3.05) is 18.8 Å². The molecular formula is C17H22ClN4O3S+. The van der Waals surface area contributed by atoms with E-state index in [1.165, 1.54) is 15.9 Å². The third-order valence-electron chi connectivity index (χ3n) is 3.86. The molecule has 0 saturated heterocycles. The molecule has 0 saturated carbocycles. The molecule has 9 heteroatoms. The monoisotopic (exact) mass is 397 g/mol. The van der Waals surface area contributed by atoms with Crippen LogP contribution in [0.3, 0.4) is 0 Å². The molecule has 0 amide bonds. The molecule has 0 spiro atoms. The third-order valence-corrected chi connectivity index (χ3v) is 5.09. The quantitative estimate of drug-likeness (QED) is 0.428. The Labute approximate surface area is 159 Å². The molecule has 0 radical (unpaired) electrons. The summed E-state index contributed by atoms with van der Waals surface area (Å²) in [6.07, 6.45) is 2.36. The first-order valence-electron chi connectivity index (χ1n) is 8.21. The molecule has 7 nitrogen and oxygen atoms in total. The number of aromatic amines is 1. The molecular weight excluding hydrogens is 376 g/mol. The maximum absolute atomic E-state index is 12.7. The maximum atomic E-state index is 12.7. The summed E-state index contributed by atoms with van der Waals surface area (Å²) >= 11 is 7.40. The molecule has 2 rings (SSSR count). The molecule has 0 aromatic carbocycles. The minimum atomic E-state index is -0.748. The smallest absolute Gasteiger partial charge is 0.329 e. The van der Waals surface area contributed by atoms with Crippen molar-refractivity contribution in [3.8, 4) is 0 Å². The highest BCUT2D eigenvalue weighted by atomic mass is 35.5. The third kappa shape index (κ3) is 4.72. The van der Waals surface area contributed by atoms with E-state index >= 15 is 0 Å². The van der Waals surface area contributed by atoms with E-state index in [1.54, 1.807) is 12.1 Å². The lowest BCUT2D eigenvalue weighted by Gasteiger charge is -2.17. The minimum absolute atomic E-state index is 0.0547. The van der Waals surface area contributed by atoms with Gasteiger partial charge in [0.2, 0.25) is 5.78 Å². The molecule has 26 heavy (non-hydrogen) atoms. The minimum Gasteiger partial charge on any atom is -0.384 e. The number of anilines is 1. The number of carbonyl (C=O) groups is 1. The molecule has 0 aliphatic carbocycles. The Morgan fingerprint density at radius 1 is 1.46 bits per heavy atom. The molecule has 140 valence electrons. The average molecular weight is 398 g/mol. The van der Waals surface area contributed by atoms with Gasteiger partial charge >= 0.3 is 5.69 Å². The molecule has 2 aromatic heterocycles. The summed E-state index contributed by atoms with van der Waals surface area (Å²) in [6, 6.07) is 3.71. The van der Waals surface area contributed by atoms with Crippen LogP contribution in [0.2, 0.25) is 4.34 Å². The number of H-pyrrole nitrogens is 1. The zero-order valence-corrected chi connectivity index (χ0v) is 16.1. The molecule has 2 heterocycles. The molecule has 4 N–H and O–H groups in total. The first kappa shape index (κ1) is 20.2. The van der Waals surface area contributed by atoms with Crippen molar-refractivity contribution < 1.29 is 9.69 Å². The summed E-state index contributed by atoms with van der Waals surface area (Å²) in [5, 5.41) is 0. The van der Waals surface area contributed by atoms with Crippen molar-refractivity contribution in [3.63, 3.8) is 0 Å². The van der Waals surface area contributed by atoms with Crippen LogP contribution in [0.1, 0.15) is 28.6 Å². The Bertz CT molecular complexity index is 915. The molecule has 0 fully saturated rings. The first-order chi connectivity index (χ1) is 12.4. The van der Waals surface area contributed by atoms with Crippen LogP contribution >= 0.6 is 22.9 Å². The van der Waals surface area contributed by atoms with E-state index in [0.717, 1.165) is 9.78 Å². The number of carbonyl (C=O) groups excluding carboxylic acids is 1. The largest absolute Gasteiger partial charge is 0.384 e. The van der Waals surface area contributed by atoms with Crippen molar-refractivity contribution in [2.24, 2.45) is 0 Å². The Hall–Kier alpha value is -2.16. The number of ketones is 1. The van der Waals surface area contributed by atoms with Crippen LogP contribution in [0.15, 0.2) is 34.4 Å². The van der Waals surface area contributed by atoms with Gasteiger partial charge in [-0.15, -0.1) is 11.3 Å². The highest BCUT2D eigenvalue weighted by Gasteiger charge is 2.23. The summed E-state index contributed by atoms with van der Waals surface area (Å²) in [4.78, 5) is 40.9. The summed E-state index contributed by atoms with van der Waals surface area (Å²) in [7, 11) is 0. The average Bonchev–Trinajstić information content (AvgIpc) is 2.96. The van der Waals surface area contributed by atoms with E-state index in [4.69, 9.17) is 17.3 Å². The number of Topliss-reactive ketones (excluding diaryl/α,β-unsaturated/α-hetero) is 1. The number of nitrogens with zero attached hydrogens (tertiary/aromatic N) is 1. The fourth-order valence-corrected chi connectivity index (χ4v) is 3.88. The van der Waals surface area contributed by atoms with Gasteiger partial charge in [-0.05, 0) is 24.6 Å². The zero-order valence-electron chi connectivity index (χ0n) is 14.5. The maximum Gasteiger partial charge on any atom is 0.329 e. The molecule has 1 unspecified atom stereocenters. The van der Waals surface area contributed by atoms with Gasteiger partial charge in [-0.1, -0.05) is 25.1 Å². The van der Waals surface area contributed by atoms with Gasteiger partial charge in [0, 0.05) is 6.54 Å². The molecule has 0 bridgehead atoms. The van der Waals surface area contributed by atoms with E-state index in [0.29, 0.717) is 30.4 Å². The number of nitrogens with one attached hydrogen (secondary N) is 2. The van der Waals surface area contributed by atoms with Gasteiger partial charge in [-0.2, -0.15) is 0 Å². The van der Waals surface area contributed by atoms with Crippen molar-refractivity contribution in [3.05, 3.63) is 60.4 Å². The van der Waals surface area contributed by atoms with Crippen molar-refractivity contribution in [2.45, 2.75) is 26.4 Å². The second kappa shape index (κ2) is 8.98. The second-order valence-electron chi connectivity index (χ2n) is 5.90. The van der Waals surface area contributed by atoms with Gasteiger partial charge in [0.15, 0.2) is 0 Å². The Morgan fingerprint density at radius 3 is 2.77 bits per heavy atom. The lowest BCUT2D eigenvalue weighted by atomic mass is 10.1. The molecule has 2 aromatic rings. The van der Waals surface area contributed by atoms with E-state index in [1.807, 2.05) is 13.0 Å². The Balaban J connectivity index is 2.29. The van der Waals surface area contributed by atoms with Crippen molar-refractivity contribution in [1.29, 1.82) is 0 Å². The fourth-order valence-electron chi connectivity index (χ4n) is 2.72. The summed E-state index contributed by atoms with van der Waals surface area (Å²) in [6.45, 7) is 7.09.